The molecule has 72 valence electrons. The summed E-state index contributed by atoms with van der Waals surface area (Å²) in [5, 5.41) is 10.9. The van der Waals surface area contributed by atoms with Gasteiger partial charge in [-0.3, -0.25) is 4.79 Å². The minimum Gasteiger partial charge on any atom is -0.324 e. The number of amides is 1. The van der Waals surface area contributed by atoms with Crippen LogP contribution in [0.5, 0.6) is 0 Å². The Bertz CT molecular complexity index is 400. The molecule has 0 spiro atoms. The summed E-state index contributed by atoms with van der Waals surface area (Å²) in [5.41, 5.74) is 0.600. The Hall–Kier alpha value is -0.990. The van der Waals surface area contributed by atoms with E-state index in [-0.39, 0.29) is 12.3 Å². The molecule has 0 aliphatic carbocycles. The second-order valence-corrected chi connectivity index (χ2v) is 3.82. The maximum Gasteiger partial charge on any atom is 0.238 e. The van der Waals surface area contributed by atoms with Crippen LogP contribution in [-0.2, 0) is 4.79 Å². The third kappa shape index (κ3) is 2.76. The molecule has 0 saturated carbocycles. The average molecular weight is 271 g/mol. The van der Waals surface area contributed by atoms with Crippen molar-refractivity contribution in [3.05, 3.63) is 22.7 Å². The number of carbonyl (C=O) groups is 1. The van der Waals surface area contributed by atoms with Gasteiger partial charge in [-0.15, -0.1) is 12.6 Å². The van der Waals surface area contributed by atoms with E-state index in [2.05, 4.69) is 33.9 Å². The standard InChI is InChI=1S/C9H7BrN2OS/c10-6-2-1-3-7(9(6)14)12-8(13)4-5-11/h1-3,14H,4H2,(H,12,13). The normalized spacial score (nSPS) is 9.21. The predicted molar refractivity (Wildman–Crippen MR) is 60.3 cm³/mol. The van der Waals surface area contributed by atoms with Gasteiger partial charge in [0.05, 0.1) is 11.8 Å². The molecule has 1 aromatic rings. The summed E-state index contributed by atoms with van der Waals surface area (Å²) in [7, 11) is 0. The van der Waals surface area contributed by atoms with Gasteiger partial charge in [0.2, 0.25) is 5.91 Å². The molecule has 0 heterocycles. The molecule has 0 fully saturated rings. The highest BCUT2D eigenvalue weighted by molar-refractivity contribution is 9.10. The zero-order chi connectivity index (χ0) is 10.6. The Morgan fingerprint density at radius 2 is 2.36 bits per heavy atom. The lowest BCUT2D eigenvalue weighted by atomic mass is 10.3. The zero-order valence-corrected chi connectivity index (χ0v) is 9.60. The van der Waals surface area contributed by atoms with Crippen LogP contribution in [0.4, 0.5) is 5.69 Å². The van der Waals surface area contributed by atoms with Gasteiger partial charge in [0, 0.05) is 9.37 Å². The van der Waals surface area contributed by atoms with E-state index in [4.69, 9.17) is 5.26 Å². The van der Waals surface area contributed by atoms with Crippen LogP contribution in [0, 0.1) is 11.3 Å². The first-order chi connectivity index (χ1) is 6.65. The van der Waals surface area contributed by atoms with Crippen molar-refractivity contribution in [1.29, 1.82) is 5.26 Å². The summed E-state index contributed by atoms with van der Waals surface area (Å²) in [5.74, 6) is -0.332. The van der Waals surface area contributed by atoms with Gasteiger partial charge in [-0.1, -0.05) is 6.07 Å². The summed E-state index contributed by atoms with van der Waals surface area (Å²) in [6, 6.07) is 7.10. The van der Waals surface area contributed by atoms with E-state index in [9.17, 15) is 4.79 Å². The van der Waals surface area contributed by atoms with Crippen LogP contribution < -0.4 is 5.32 Å². The number of hydrogen-bond donors (Lipinski definition) is 2. The van der Waals surface area contributed by atoms with Crippen LogP contribution in [0.3, 0.4) is 0 Å². The summed E-state index contributed by atoms with van der Waals surface area (Å²) < 4.78 is 0.801. The minimum atomic E-state index is -0.332. The van der Waals surface area contributed by atoms with Crippen molar-refractivity contribution in [1.82, 2.24) is 0 Å². The Kier molecular flexibility index (Phi) is 3.98. The lowest BCUT2D eigenvalue weighted by Gasteiger charge is -2.06. The molecule has 5 heteroatoms. The zero-order valence-electron chi connectivity index (χ0n) is 7.12. The van der Waals surface area contributed by atoms with E-state index in [1.807, 2.05) is 6.07 Å². The Morgan fingerprint density at radius 1 is 1.64 bits per heavy atom. The first-order valence-corrected chi connectivity index (χ1v) is 5.03. The maximum atomic E-state index is 11.1. The largest absolute Gasteiger partial charge is 0.324 e. The van der Waals surface area contributed by atoms with Crippen LogP contribution in [0.25, 0.3) is 0 Å². The van der Waals surface area contributed by atoms with E-state index in [0.29, 0.717) is 10.6 Å². The topological polar surface area (TPSA) is 52.9 Å². The minimum absolute atomic E-state index is 0.153. The first-order valence-electron chi connectivity index (χ1n) is 3.79. The number of halogens is 1. The number of benzene rings is 1. The Labute approximate surface area is 95.7 Å². The fourth-order valence-electron chi connectivity index (χ4n) is 0.882. The van der Waals surface area contributed by atoms with Crippen LogP contribution in [0.1, 0.15) is 6.42 Å². The summed E-state index contributed by atoms with van der Waals surface area (Å²) in [4.78, 5) is 11.7. The number of nitriles is 1. The second-order valence-electron chi connectivity index (χ2n) is 2.52. The van der Waals surface area contributed by atoms with E-state index < -0.39 is 0 Å². The van der Waals surface area contributed by atoms with Crippen LogP contribution >= 0.6 is 28.6 Å². The van der Waals surface area contributed by atoms with Gasteiger partial charge >= 0.3 is 0 Å². The third-order valence-electron chi connectivity index (χ3n) is 1.50. The van der Waals surface area contributed by atoms with Crippen molar-refractivity contribution in [3.63, 3.8) is 0 Å². The number of carbonyl (C=O) groups excluding carboxylic acids is 1. The van der Waals surface area contributed by atoms with Crippen LogP contribution in [-0.4, -0.2) is 5.91 Å². The van der Waals surface area contributed by atoms with Gasteiger partial charge in [-0.25, -0.2) is 0 Å². The summed E-state index contributed by atoms with van der Waals surface area (Å²) >= 11 is 7.49. The van der Waals surface area contributed by atoms with Gasteiger partial charge in [-0.2, -0.15) is 5.26 Å². The highest BCUT2D eigenvalue weighted by atomic mass is 79.9. The van der Waals surface area contributed by atoms with Crippen molar-refractivity contribution in [2.45, 2.75) is 11.3 Å². The smallest absolute Gasteiger partial charge is 0.238 e. The fourth-order valence-corrected chi connectivity index (χ4v) is 1.45. The molecule has 0 aliphatic rings. The van der Waals surface area contributed by atoms with E-state index in [1.54, 1.807) is 18.2 Å². The van der Waals surface area contributed by atoms with Gasteiger partial charge < -0.3 is 5.32 Å². The van der Waals surface area contributed by atoms with Crippen LogP contribution in [0.15, 0.2) is 27.6 Å². The highest BCUT2D eigenvalue weighted by Gasteiger charge is 2.05. The lowest BCUT2D eigenvalue weighted by Crippen LogP contribution is -2.10. The summed E-state index contributed by atoms with van der Waals surface area (Å²) in [6.45, 7) is 0. The molecule has 14 heavy (non-hydrogen) atoms. The number of rotatable bonds is 2. The van der Waals surface area contributed by atoms with Crippen molar-refractivity contribution >= 4 is 40.2 Å². The van der Waals surface area contributed by atoms with Gasteiger partial charge in [0.1, 0.15) is 6.42 Å². The molecule has 0 saturated heterocycles. The molecule has 1 aromatic carbocycles. The molecule has 1 N–H and O–H groups in total. The molecule has 0 radical (unpaired) electrons. The lowest BCUT2D eigenvalue weighted by molar-refractivity contribution is -0.115. The molecule has 1 amide bonds. The fraction of sp³-hybridized carbons (Fsp3) is 0.111. The second kappa shape index (κ2) is 5.03. The van der Waals surface area contributed by atoms with E-state index >= 15 is 0 Å². The number of anilines is 1. The number of nitrogens with one attached hydrogen (secondary N) is 1. The molecule has 3 nitrogen and oxygen atoms in total. The number of hydrogen-bond acceptors (Lipinski definition) is 3. The van der Waals surface area contributed by atoms with Crippen molar-refractivity contribution in [2.75, 3.05) is 5.32 Å². The SMILES string of the molecule is N#CCC(=O)Nc1cccc(Br)c1S. The first kappa shape index (κ1) is 11.1. The monoisotopic (exact) mass is 270 g/mol. The van der Waals surface area contributed by atoms with E-state index in [0.717, 1.165) is 4.47 Å². The average Bonchev–Trinajstić information content (AvgIpc) is 2.13. The third-order valence-corrected chi connectivity index (χ3v) is 2.95. The number of nitrogens with zero attached hydrogens (tertiary/aromatic N) is 1. The molecule has 0 bridgehead atoms. The van der Waals surface area contributed by atoms with Gasteiger partial charge in [0.25, 0.3) is 0 Å². The van der Waals surface area contributed by atoms with Crippen molar-refractivity contribution in [3.8, 4) is 6.07 Å². The number of thiol groups is 1. The molecular weight excluding hydrogens is 264 g/mol. The maximum absolute atomic E-state index is 11.1. The van der Waals surface area contributed by atoms with Gasteiger partial charge in [-0.05, 0) is 28.1 Å². The van der Waals surface area contributed by atoms with Gasteiger partial charge in [0.15, 0.2) is 0 Å². The predicted octanol–water partition coefficient (Wildman–Crippen LogP) is 2.59. The molecule has 1 rings (SSSR count). The van der Waals surface area contributed by atoms with Crippen molar-refractivity contribution < 1.29 is 4.79 Å². The molecule has 0 aliphatic heterocycles. The quantitative estimate of drug-likeness (QED) is 0.812. The molecular formula is C9H7BrN2OS. The van der Waals surface area contributed by atoms with Crippen molar-refractivity contribution in [2.24, 2.45) is 0 Å². The van der Waals surface area contributed by atoms with E-state index in [1.165, 1.54) is 0 Å². The molecule has 0 unspecified atom stereocenters. The summed E-state index contributed by atoms with van der Waals surface area (Å²) in [6.07, 6.45) is -0.153. The molecule has 0 atom stereocenters. The van der Waals surface area contributed by atoms with Crippen LogP contribution in [0.2, 0.25) is 0 Å². The molecule has 0 aromatic heterocycles. The Morgan fingerprint density at radius 3 is 3.00 bits per heavy atom. The highest BCUT2D eigenvalue weighted by Crippen LogP contribution is 2.28. The Balaban J connectivity index is 2.83.